The zero-order chi connectivity index (χ0) is 16.1. The fraction of sp³-hybridized carbons (Fsp3) is 0.632. The third-order valence-corrected chi connectivity index (χ3v) is 5.25. The third-order valence-electron chi connectivity index (χ3n) is 5.25. The topological polar surface area (TPSA) is 52.6 Å². The van der Waals surface area contributed by atoms with Crippen molar-refractivity contribution < 1.29 is 9.90 Å². The van der Waals surface area contributed by atoms with Crippen molar-refractivity contribution in [1.29, 1.82) is 0 Å². The number of nitrogens with zero attached hydrogens (tertiary/aromatic N) is 1. The van der Waals surface area contributed by atoms with Crippen molar-refractivity contribution in [2.24, 2.45) is 5.92 Å². The summed E-state index contributed by atoms with van der Waals surface area (Å²) in [5.74, 6) is 0.479. The van der Waals surface area contributed by atoms with Gasteiger partial charge in [0.1, 0.15) is 0 Å². The number of amides is 1. The number of carbonyl (C=O) groups excluding carboxylic acids is 1. The molecule has 3 rings (SSSR count). The van der Waals surface area contributed by atoms with Gasteiger partial charge in [0, 0.05) is 37.0 Å². The Balaban J connectivity index is 1.61. The highest BCUT2D eigenvalue weighted by Gasteiger charge is 2.23. The molecule has 2 N–H and O–H groups in total. The van der Waals surface area contributed by atoms with Crippen molar-refractivity contribution in [2.45, 2.75) is 51.0 Å². The molecule has 2 fully saturated rings. The summed E-state index contributed by atoms with van der Waals surface area (Å²) in [5, 5.41) is 12.8. The second-order valence-electron chi connectivity index (χ2n) is 6.98. The summed E-state index contributed by atoms with van der Waals surface area (Å²) < 4.78 is 0. The molecule has 1 amide bonds. The van der Waals surface area contributed by atoms with E-state index in [0.29, 0.717) is 12.0 Å². The number of aliphatic hydroxyl groups is 1. The third kappa shape index (κ3) is 4.25. The minimum absolute atomic E-state index is 0.119. The summed E-state index contributed by atoms with van der Waals surface area (Å²) in [4.78, 5) is 14.6. The van der Waals surface area contributed by atoms with Gasteiger partial charge in [-0.15, -0.1) is 0 Å². The van der Waals surface area contributed by atoms with Gasteiger partial charge in [-0.2, -0.15) is 0 Å². The number of piperidine rings is 1. The molecule has 23 heavy (non-hydrogen) atoms. The fourth-order valence-corrected chi connectivity index (χ4v) is 3.73. The van der Waals surface area contributed by atoms with E-state index in [1.54, 1.807) is 0 Å². The van der Waals surface area contributed by atoms with E-state index in [-0.39, 0.29) is 12.5 Å². The summed E-state index contributed by atoms with van der Waals surface area (Å²) in [7, 11) is 0. The first-order chi connectivity index (χ1) is 11.3. The van der Waals surface area contributed by atoms with Crippen LogP contribution in [0.5, 0.6) is 0 Å². The Morgan fingerprint density at radius 1 is 1.13 bits per heavy atom. The molecular formula is C19H28N2O2. The second kappa shape index (κ2) is 7.82. The van der Waals surface area contributed by atoms with Crippen molar-refractivity contribution in [2.75, 3.05) is 25.0 Å². The lowest BCUT2D eigenvalue weighted by molar-refractivity contribution is 0.0651. The first-order valence-corrected chi connectivity index (χ1v) is 9.03. The Kier molecular flexibility index (Phi) is 5.55. The Bertz CT molecular complexity index is 518. The van der Waals surface area contributed by atoms with E-state index in [9.17, 15) is 9.90 Å². The lowest BCUT2D eigenvalue weighted by Crippen LogP contribution is -2.39. The molecule has 1 aliphatic heterocycles. The van der Waals surface area contributed by atoms with Crippen LogP contribution in [0.15, 0.2) is 24.3 Å². The van der Waals surface area contributed by atoms with E-state index in [4.69, 9.17) is 0 Å². The Morgan fingerprint density at radius 2 is 1.87 bits per heavy atom. The van der Waals surface area contributed by atoms with Crippen LogP contribution < -0.4 is 5.32 Å². The van der Waals surface area contributed by atoms with Crippen molar-refractivity contribution in [1.82, 2.24) is 4.90 Å². The van der Waals surface area contributed by atoms with Crippen LogP contribution in [-0.4, -0.2) is 41.7 Å². The van der Waals surface area contributed by atoms with Gasteiger partial charge < -0.3 is 15.3 Å². The first-order valence-electron chi connectivity index (χ1n) is 9.03. The quantitative estimate of drug-likeness (QED) is 0.896. The molecule has 1 aromatic carbocycles. The number of nitrogens with one attached hydrogen (secondary N) is 1. The minimum Gasteiger partial charge on any atom is -0.396 e. The van der Waals surface area contributed by atoms with E-state index in [2.05, 4.69) is 11.4 Å². The van der Waals surface area contributed by atoms with E-state index in [1.807, 2.05) is 23.1 Å². The molecule has 126 valence electrons. The van der Waals surface area contributed by atoms with Gasteiger partial charge in [-0.05, 0) is 49.8 Å². The molecule has 4 heteroatoms. The number of hydrogen-bond acceptors (Lipinski definition) is 3. The molecule has 1 aromatic rings. The summed E-state index contributed by atoms with van der Waals surface area (Å²) in [6, 6.07) is 8.48. The summed E-state index contributed by atoms with van der Waals surface area (Å²) in [6.45, 7) is 1.75. The van der Waals surface area contributed by atoms with Crippen LogP contribution in [0.1, 0.15) is 55.3 Å². The molecule has 0 atom stereocenters. The SMILES string of the molecule is O=C(c1cccc(NC2CCCCC2)c1)N1CCC(CO)CC1. The molecule has 1 aliphatic carbocycles. The smallest absolute Gasteiger partial charge is 0.253 e. The number of rotatable bonds is 4. The van der Waals surface area contributed by atoms with Gasteiger partial charge in [0.25, 0.3) is 5.91 Å². The van der Waals surface area contributed by atoms with E-state index in [0.717, 1.165) is 37.2 Å². The largest absolute Gasteiger partial charge is 0.396 e. The van der Waals surface area contributed by atoms with Crippen LogP contribution >= 0.6 is 0 Å². The maximum atomic E-state index is 12.7. The van der Waals surface area contributed by atoms with E-state index >= 15 is 0 Å². The summed E-state index contributed by atoms with van der Waals surface area (Å²) in [6.07, 6.45) is 8.22. The zero-order valence-corrected chi connectivity index (χ0v) is 13.8. The normalized spacial score (nSPS) is 20.5. The van der Waals surface area contributed by atoms with Gasteiger partial charge in [0.05, 0.1) is 0 Å². The molecule has 1 heterocycles. The minimum atomic E-state index is 0.119. The lowest BCUT2D eigenvalue weighted by atomic mass is 9.95. The molecule has 0 radical (unpaired) electrons. The molecule has 4 nitrogen and oxygen atoms in total. The zero-order valence-electron chi connectivity index (χ0n) is 13.8. The standard InChI is InChI=1S/C19H28N2O2/c22-14-15-9-11-21(12-10-15)19(23)16-5-4-8-18(13-16)20-17-6-2-1-3-7-17/h4-5,8,13,15,17,20,22H,1-3,6-7,9-12,14H2. The molecular weight excluding hydrogens is 288 g/mol. The van der Waals surface area contributed by atoms with Gasteiger partial charge in [0.15, 0.2) is 0 Å². The van der Waals surface area contributed by atoms with Crippen molar-refractivity contribution in [3.8, 4) is 0 Å². The maximum Gasteiger partial charge on any atom is 0.253 e. The van der Waals surface area contributed by atoms with Gasteiger partial charge in [-0.1, -0.05) is 25.3 Å². The highest BCUT2D eigenvalue weighted by atomic mass is 16.3. The molecule has 0 aromatic heterocycles. The number of carbonyl (C=O) groups is 1. The molecule has 2 aliphatic rings. The van der Waals surface area contributed by atoms with Gasteiger partial charge in [0.2, 0.25) is 0 Å². The average molecular weight is 316 g/mol. The lowest BCUT2D eigenvalue weighted by Gasteiger charge is -2.31. The number of benzene rings is 1. The molecule has 1 saturated heterocycles. The van der Waals surface area contributed by atoms with Gasteiger partial charge in [-0.25, -0.2) is 0 Å². The second-order valence-corrected chi connectivity index (χ2v) is 6.98. The first kappa shape index (κ1) is 16.3. The predicted molar refractivity (Wildman–Crippen MR) is 92.7 cm³/mol. The van der Waals surface area contributed by atoms with Crippen LogP contribution in [0.4, 0.5) is 5.69 Å². The number of likely N-dealkylation sites (tertiary alicyclic amines) is 1. The van der Waals surface area contributed by atoms with Crippen LogP contribution in [0.2, 0.25) is 0 Å². The highest BCUT2D eigenvalue weighted by molar-refractivity contribution is 5.95. The molecule has 0 bridgehead atoms. The van der Waals surface area contributed by atoms with Crippen molar-refractivity contribution >= 4 is 11.6 Å². The Hall–Kier alpha value is -1.55. The molecule has 1 saturated carbocycles. The average Bonchev–Trinajstić information content (AvgIpc) is 2.62. The van der Waals surface area contributed by atoms with Crippen LogP contribution in [0.3, 0.4) is 0 Å². The fourth-order valence-electron chi connectivity index (χ4n) is 3.73. The maximum absolute atomic E-state index is 12.7. The van der Waals surface area contributed by atoms with Gasteiger partial charge in [-0.3, -0.25) is 4.79 Å². The van der Waals surface area contributed by atoms with Crippen LogP contribution in [-0.2, 0) is 0 Å². The summed E-state index contributed by atoms with van der Waals surface area (Å²) in [5.41, 5.74) is 1.83. The van der Waals surface area contributed by atoms with Crippen molar-refractivity contribution in [3.63, 3.8) is 0 Å². The Morgan fingerprint density at radius 3 is 2.57 bits per heavy atom. The number of anilines is 1. The van der Waals surface area contributed by atoms with Crippen LogP contribution in [0, 0.1) is 5.92 Å². The molecule has 0 spiro atoms. The van der Waals surface area contributed by atoms with E-state index < -0.39 is 0 Å². The summed E-state index contributed by atoms with van der Waals surface area (Å²) >= 11 is 0. The van der Waals surface area contributed by atoms with E-state index in [1.165, 1.54) is 32.1 Å². The monoisotopic (exact) mass is 316 g/mol. The number of aliphatic hydroxyl groups excluding tert-OH is 1. The Labute approximate surface area is 138 Å². The van der Waals surface area contributed by atoms with Crippen molar-refractivity contribution in [3.05, 3.63) is 29.8 Å². The van der Waals surface area contributed by atoms with Crippen LogP contribution in [0.25, 0.3) is 0 Å². The predicted octanol–water partition coefficient (Wildman–Crippen LogP) is 3.28. The van der Waals surface area contributed by atoms with Gasteiger partial charge >= 0.3 is 0 Å². The molecule has 0 unspecified atom stereocenters. The number of hydrogen-bond donors (Lipinski definition) is 2. The highest BCUT2D eigenvalue weighted by Crippen LogP contribution is 2.23.